The molecule has 78 valence electrons. The van der Waals surface area contributed by atoms with E-state index in [9.17, 15) is 0 Å². The van der Waals surface area contributed by atoms with Gasteiger partial charge in [0.05, 0.1) is 0 Å². The monoisotopic (exact) mass is 209 g/mol. The molecule has 0 radical (unpaired) electrons. The number of nitrogens with two attached hydrogens (primary N) is 1. The van der Waals surface area contributed by atoms with Gasteiger partial charge in [0.2, 0.25) is 0 Å². The largest absolute Gasteiger partial charge is 0.323 e. The lowest BCUT2D eigenvalue weighted by Gasteiger charge is -2.30. The van der Waals surface area contributed by atoms with Crippen LogP contribution in [0.15, 0.2) is 17.5 Å². The third-order valence-corrected chi connectivity index (χ3v) is 4.33. The Kier molecular flexibility index (Phi) is 3.24. The van der Waals surface area contributed by atoms with Crippen molar-refractivity contribution >= 4 is 11.3 Å². The van der Waals surface area contributed by atoms with E-state index in [0.29, 0.717) is 0 Å². The lowest BCUT2D eigenvalue weighted by molar-refractivity contribution is 0.249. The van der Waals surface area contributed by atoms with Crippen molar-refractivity contribution in [2.45, 2.75) is 38.6 Å². The Morgan fingerprint density at radius 1 is 1.50 bits per heavy atom. The standard InChI is InChI=1S/C12H19NS/c1-9-4-2-5-10(8-9)12(13)11-6-3-7-14-11/h3,6-7,9-10,12H,2,4-5,8,13H2,1H3. The fraction of sp³-hybridized carbons (Fsp3) is 0.667. The van der Waals surface area contributed by atoms with Gasteiger partial charge < -0.3 is 5.73 Å². The maximum atomic E-state index is 6.29. The third kappa shape index (κ3) is 2.18. The van der Waals surface area contributed by atoms with E-state index in [-0.39, 0.29) is 6.04 Å². The Bertz CT molecular complexity index is 268. The molecular weight excluding hydrogens is 190 g/mol. The molecule has 0 aliphatic heterocycles. The van der Waals surface area contributed by atoms with Gasteiger partial charge in [0.1, 0.15) is 0 Å². The molecule has 1 nitrogen and oxygen atoms in total. The zero-order valence-corrected chi connectivity index (χ0v) is 9.59. The lowest BCUT2D eigenvalue weighted by atomic mass is 9.78. The van der Waals surface area contributed by atoms with Gasteiger partial charge in [-0.2, -0.15) is 0 Å². The highest BCUT2D eigenvalue weighted by Crippen LogP contribution is 2.36. The first kappa shape index (κ1) is 10.2. The minimum absolute atomic E-state index is 0.290. The van der Waals surface area contributed by atoms with Gasteiger partial charge in [-0.1, -0.05) is 25.8 Å². The molecule has 1 aliphatic carbocycles. The Hall–Kier alpha value is -0.340. The van der Waals surface area contributed by atoms with E-state index < -0.39 is 0 Å². The quantitative estimate of drug-likeness (QED) is 0.791. The van der Waals surface area contributed by atoms with Crippen LogP contribution in [0.25, 0.3) is 0 Å². The second-order valence-electron chi connectivity index (χ2n) is 4.57. The second kappa shape index (κ2) is 4.45. The average molecular weight is 209 g/mol. The van der Waals surface area contributed by atoms with Crippen LogP contribution in [0.4, 0.5) is 0 Å². The molecule has 0 spiro atoms. The minimum Gasteiger partial charge on any atom is -0.323 e. The van der Waals surface area contributed by atoms with Gasteiger partial charge in [-0.05, 0) is 36.1 Å². The van der Waals surface area contributed by atoms with Crippen LogP contribution in [0.2, 0.25) is 0 Å². The van der Waals surface area contributed by atoms with Crippen molar-refractivity contribution in [3.05, 3.63) is 22.4 Å². The van der Waals surface area contributed by atoms with Crippen LogP contribution in [0.5, 0.6) is 0 Å². The molecule has 0 aromatic carbocycles. The van der Waals surface area contributed by atoms with Crippen LogP contribution in [-0.2, 0) is 0 Å². The number of thiophene rings is 1. The van der Waals surface area contributed by atoms with E-state index in [0.717, 1.165) is 11.8 Å². The highest BCUT2D eigenvalue weighted by molar-refractivity contribution is 7.10. The summed E-state index contributed by atoms with van der Waals surface area (Å²) in [6.45, 7) is 2.35. The van der Waals surface area contributed by atoms with Gasteiger partial charge in [0, 0.05) is 10.9 Å². The fourth-order valence-corrected chi connectivity index (χ4v) is 3.34. The van der Waals surface area contributed by atoms with Crippen molar-refractivity contribution in [2.24, 2.45) is 17.6 Å². The molecule has 2 N–H and O–H groups in total. The third-order valence-electron chi connectivity index (χ3n) is 3.36. The van der Waals surface area contributed by atoms with Gasteiger partial charge in [0.25, 0.3) is 0 Å². The molecule has 2 heteroatoms. The predicted molar refractivity (Wildman–Crippen MR) is 62.4 cm³/mol. The number of hydrogen-bond donors (Lipinski definition) is 1. The van der Waals surface area contributed by atoms with Crippen molar-refractivity contribution in [3.8, 4) is 0 Å². The maximum Gasteiger partial charge on any atom is 0.0418 e. The minimum atomic E-state index is 0.290. The maximum absolute atomic E-state index is 6.29. The molecular formula is C12H19NS. The summed E-state index contributed by atoms with van der Waals surface area (Å²) in [6, 6.07) is 4.57. The zero-order valence-electron chi connectivity index (χ0n) is 8.78. The Morgan fingerprint density at radius 2 is 2.36 bits per heavy atom. The molecule has 0 amide bonds. The van der Waals surface area contributed by atoms with Crippen molar-refractivity contribution < 1.29 is 0 Å². The van der Waals surface area contributed by atoms with Crippen LogP contribution in [0.3, 0.4) is 0 Å². The van der Waals surface area contributed by atoms with E-state index in [4.69, 9.17) is 5.73 Å². The molecule has 3 atom stereocenters. The van der Waals surface area contributed by atoms with Gasteiger partial charge in [-0.3, -0.25) is 0 Å². The summed E-state index contributed by atoms with van der Waals surface area (Å²) in [5, 5.41) is 2.13. The highest BCUT2D eigenvalue weighted by atomic mass is 32.1. The summed E-state index contributed by atoms with van der Waals surface area (Å²) in [5.74, 6) is 1.59. The molecule has 1 aromatic heterocycles. The normalized spacial score (nSPS) is 30.1. The summed E-state index contributed by atoms with van der Waals surface area (Å²) in [7, 11) is 0. The summed E-state index contributed by atoms with van der Waals surface area (Å²) in [6.07, 6.45) is 5.40. The molecule has 1 aromatic rings. The second-order valence-corrected chi connectivity index (χ2v) is 5.55. The van der Waals surface area contributed by atoms with Crippen LogP contribution in [0, 0.1) is 11.8 Å². The molecule has 14 heavy (non-hydrogen) atoms. The van der Waals surface area contributed by atoms with Crippen LogP contribution < -0.4 is 5.73 Å². The topological polar surface area (TPSA) is 26.0 Å². The smallest absolute Gasteiger partial charge is 0.0418 e. The van der Waals surface area contributed by atoms with Crippen molar-refractivity contribution in [1.82, 2.24) is 0 Å². The van der Waals surface area contributed by atoms with Crippen molar-refractivity contribution in [2.75, 3.05) is 0 Å². The van der Waals surface area contributed by atoms with Gasteiger partial charge in [0.15, 0.2) is 0 Å². The number of hydrogen-bond acceptors (Lipinski definition) is 2. The SMILES string of the molecule is CC1CCCC(C(N)c2cccs2)C1. The molecule has 2 rings (SSSR count). The van der Waals surface area contributed by atoms with Crippen molar-refractivity contribution in [1.29, 1.82) is 0 Å². The molecule has 3 unspecified atom stereocenters. The molecule has 1 fully saturated rings. The first-order valence-corrected chi connectivity index (χ1v) is 6.44. The lowest BCUT2D eigenvalue weighted by Crippen LogP contribution is -2.25. The Labute approximate surface area is 90.3 Å². The summed E-state index contributed by atoms with van der Waals surface area (Å²) in [5.41, 5.74) is 6.29. The first-order valence-electron chi connectivity index (χ1n) is 5.56. The average Bonchev–Trinajstić information content (AvgIpc) is 2.69. The van der Waals surface area contributed by atoms with Crippen LogP contribution in [0.1, 0.15) is 43.5 Å². The van der Waals surface area contributed by atoms with E-state index in [1.54, 1.807) is 11.3 Å². The van der Waals surface area contributed by atoms with E-state index >= 15 is 0 Å². The summed E-state index contributed by atoms with van der Waals surface area (Å²) < 4.78 is 0. The van der Waals surface area contributed by atoms with Crippen LogP contribution in [-0.4, -0.2) is 0 Å². The van der Waals surface area contributed by atoms with Gasteiger partial charge in [-0.15, -0.1) is 11.3 Å². The molecule has 1 saturated carbocycles. The Balaban J connectivity index is 2.00. The summed E-state index contributed by atoms with van der Waals surface area (Å²) >= 11 is 1.80. The Morgan fingerprint density at radius 3 is 3.00 bits per heavy atom. The van der Waals surface area contributed by atoms with Gasteiger partial charge >= 0.3 is 0 Å². The van der Waals surface area contributed by atoms with E-state index in [1.807, 2.05) is 0 Å². The molecule has 1 aliphatic rings. The van der Waals surface area contributed by atoms with E-state index in [2.05, 4.69) is 24.4 Å². The molecule has 0 bridgehead atoms. The van der Waals surface area contributed by atoms with Crippen molar-refractivity contribution in [3.63, 3.8) is 0 Å². The fourth-order valence-electron chi connectivity index (χ4n) is 2.52. The predicted octanol–water partition coefficient (Wildman–Crippen LogP) is 3.57. The van der Waals surface area contributed by atoms with E-state index in [1.165, 1.54) is 30.6 Å². The number of rotatable bonds is 2. The van der Waals surface area contributed by atoms with Gasteiger partial charge in [-0.25, -0.2) is 0 Å². The summed E-state index contributed by atoms with van der Waals surface area (Å²) in [4.78, 5) is 1.36. The molecule has 1 heterocycles. The first-order chi connectivity index (χ1) is 6.77. The molecule has 0 saturated heterocycles. The highest BCUT2D eigenvalue weighted by Gasteiger charge is 2.25. The van der Waals surface area contributed by atoms with Crippen LogP contribution >= 0.6 is 11.3 Å². The zero-order chi connectivity index (χ0) is 9.97.